The van der Waals surface area contributed by atoms with Crippen LogP contribution in [-0.2, 0) is 6.54 Å². The molecule has 1 N–H and O–H groups in total. The van der Waals surface area contributed by atoms with Gasteiger partial charge in [-0.3, -0.25) is 4.90 Å². The van der Waals surface area contributed by atoms with Crippen LogP contribution in [0.25, 0.3) is 0 Å². The lowest BCUT2D eigenvalue weighted by Crippen LogP contribution is -2.31. The van der Waals surface area contributed by atoms with Crippen LogP contribution in [0.3, 0.4) is 0 Å². The van der Waals surface area contributed by atoms with Crippen molar-refractivity contribution in [2.24, 2.45) is 0 Å². The average Bonchev–Trinajstić information content (AvgIpc) is 2.20. The number of rotatable bonds is 4. The standard InChI is InChI=1S/C12H19NO/c1-10-6-4-5-7-12(10)8-13(3)11(2)9-14/h4-7,11,14H,8-9H2,1-3H3. The van der Waals surface area contributed by atoms with Crippen LogP contribution >= 0.6 is 0 Å². The van der Waals surface area contributed by atoms with Gasteiger partial charge in [-0.2, -0.15) is 0 Å². The summed E-state index contributed by atoms with van der Waals surface area (Å²) in [7, 11) is 2.04. The van der Waals surface area contributed by atoms with Gasteiger partial charge in [0, 0.05) is 12.6 Å². The third-order valence-corrected chi connectivity index (χ3v) is 2.70. The van der Waals surface area contributed by atoms with Gasteiger partial charge in [0.2, 0.25) is 0 Å². The van der Waals surface area contributed by atoms with Gasteiger partial charge in [-0.05, 0) is 32.0 Å². The summed E-state index contributed by atoms with van der Waals surface area (Å²) in [6, 6.07) is 8.58. The zero-order chi connectivity index (χ0) is 10.6. The summed E-state index contributed by atoms with van der Waals surface area (Å²) in [5, 5.41) is 9.01. The third-order valence-electron chi connectivity index (χ3n) is 2.70. The molecule has 1 aromatic rings. The number of nitrogens with zero attached hydrogens (tertiary/aromatic N) is 1. The normalized spacial score (nSPS) is 13.2. The van der Waals surface area contributed by atoms with Crippen LogP contribution in [0.2, 0.25) is 0 Å². The molecule has 0 bridgehead atoms. The number of aryl methyl sites for hydroxylation is 1. The van der Waals surface area contributed by atoms with Crippen molar-refractivity contribution in [1.29, 1.82) is 0 Å². The summed E-state index contributed by atoms with van der Waals surface area (Å²) >= 11 is 0. The molecule has 1 unspecified atom stereocenters. The van der Waals surface area contributed by atoms with Gasteiger partial charge in [0.05, 0.1) is 6.61 Å². The minimum Gasteiger partial charge on any atom is -0.395 e. The first-order valence-electron chi connectivity index (χ1n) is 5.00. The number of benzene rings is 1. The lowest BCUT2D eigenvalue weighted by molar-refractivity contribution is 0.154. The second-order valence-corrected chi connectivity index (χ2v) is 3.87. The van der Waals surface area contributed by atoms with E-state index in [4.69, 9.17) is 5.11 Å². The highest BCUT2D eigenvalue weighted by Crippen LogP contribution is 2.10. The predicted octanol–water partition coefficient (Wildman–Crippen LogP) is 1.81. The van der Waals surface area contributed by atoms with E-state index in [1.165, 1.54) is 11.1 Å². The summed E-state index contributed by atoms with van der Waals surface area (Å²) in [4.78, 5) is 2.16. The van der Waals surface area contributed by atoms with E-state index in [1.807, 2.05) is 20.0 Å². The highest BCUT2D eigenvalue weighted by molar-refractivity contribution is 5.25. The predicted molar refractivity (Wildman–Crippen MR) is 59.2 cm³/mol. The van der Waals surface area contributed by atoms with E-state index in [0.29, 0.717) is 0 Å². The average molecular weight is 193 g/mol. The first-order chi connectivity index (χ1) is 6.65. The molecular weight excluding hydrogens is 174 g/mol. The Bertz CT molecular complexity index is 285. The maximum Gasteiger partial charge on any atom is 0.0584 e. The molecule has 0 amide bonds. The van der Waals surface area contributed by atoms with E-state index in [0.717, 1.165) is 6.54 Å². The third kappa shape index (κ3) is 2.82. The molecule has 0 heterocycles. The minimum absolute atomic E-state index is 0.211. The van der Waals surface area contributed by atoms with Crippen molar-refractivity contribution in [2.75, 3.05) is 13.7 Å². The Hall–Kier alpha value is -0.860. The molecule has 14 heavy (non-hydrogen) atoms. The van der Waals surface area contributed by atoms with Gasteiger partial charge in [0.1, 0.15) is 0 Å². The molecule has 0 fully saturated rings. The zero-order valence-corrected chi connectivity index (χ0v) is 9.20. The van der Waals surface area contributed by atoms with Gasteiger partial charge in [-0.25, -0.2) is 0 Å². The lowest BCUT2D eigenvalue weighted by Gasteiger charge is -2.23. The van der Waals surface area contributed by atoms with Crippen molar-refractivity contribution in [1.82, 2.24) is 4.90 Å². The number of likely N-dealkylation sites (N-methyl/N-ethyl adjacent to an activating group) is 1. The molecule has 1 rings (SSSR count). The molecule has 0 saturated heterocycles. The van der Waals surface area contributed by atoms with E-state index >= 15 is 0 Å². The monoisotopic (exact) mass is 193 g/mol. The van der Waals surface area contributed by atoms with Crippen LogP contribution in [-0.4, -0.2) is 29.7 Å². The van der Waals surface area contributed by atoms with Crippen LogP contribution in [0.1, 0.15) is 18.1 Å². The fourth-order valence-corrected chi connectivity index (χ4v) is 1.35. The van der Waals surface area contributed by atoms with Crippen LogP contribution in [0, 0.1) is 6.92 Å². The Morgan fingerprint density at radius 3 is 2.57 bits per heavy atom. The molecule has 78 valence electrons. The first kappa shape index (κ1) is 11.2. The Balaban J connectivity index is 2.64. The molecule has 0 aliphatic heterocycles. The molecular formula is C12H19NO. The van der Waals surface area contributed by atoms with E-state index in [2.05, 4.69) is 30.0 Å². The molecule has 0 aliphatic rings. The second-order valence-electron chi connectivity index (χ2n) is 3.87. The summed E-state index contributed by atoms with van der Waals surface area (Å²) in [5.74, 6) is 0. The van der Waals surface area contributed by atoms with E-state index in [-0.39, 0.29) is 12.6 Å². The first-order valence-corrected chi connectivity index (χ1v) is 5.00. The molecule has 0 aromatic heterocycles. The Morgan fingerprint density at radius 1 is 1.36 bits per heavy atom. The van der Waals surface area contributed by atoms with Crippen molar-refractivity contribution in [3.63, 3.8) is 0 Å². The van der Waals surface area contributed by atoms with Gasteiger partial charge in [0.25, 0.3) is 0 Å². The summed E-state index contributed by atoms with van der Waals surface area (Å²) in [6.07, 6.45) is 0. The van der Waals surface area contributed by atoms with Gasteiger partial charge >= 0.3 is 0 Å². The topological polar surface area (TPSA) is 23.5 Å². The number of aliphatic hydroxyl groups excluding tert-OH is 1. The van der Waals surface area contributed by atoms with Crippen molar-refractivity contribution in [2.45, 2.75) is 26.4 Å². The van der Waals surface area contributed by atoms with Crippen molar-refractivity contribution in [3.8, 4) is 0 Å². The molecule has 1 atom stereocenters. The summed E-state index contributed by atoms with van der Waals surface area (Å²) in [6.45, 7) is 5.25. The summed E-state index contributed by atoms with van der Waals surface area (Å²) < 4.78 is 0. The molecule has 2 heteroatoms. The number of hydrogen-bond acceptors (Lipinski definition) is 2. The van der Waals surface area contributed by atoms with Crippen molar-refractivity contribution < 1.29 is 5.11 Å². The Kier molecular flexibility index (Phi) is 4.11. The molecule has 0 radical (unpaired) electrons. The molecule has 0 spiro atoms. The summed E-state index contributed by atoms with van der Waals surface area (Å²) in [5.41, 5.74) is 2.64. The molecule has 1 aromatic carbocycles. The van der Waals surface area contributed by atoms with Crippen molar-refractivity contribution >= 4 is 0 Å². The molecule has 0 aliphatic carbocycles. The largest absolute Gasteiger partial charge is 0.395 e. The van der Waals surface area contributed by atoms with Crippen LogP contribution in [0.15, 0.2) is 24.3 Å². The SMILES string of the molecule is Cc1ccccc1CN(C)C(C)CO. The van der Waals surface area contributed by atoms with Gasteiger partial charge in [-0.1, -0.05) is 24.3 Å². The number of aliphatic hydroxyl groups is 1. The quantitative estimate of drug-likeness (QED) is 0.788. The van der Waals surface area contributed by atoms with Gasteiger partial charge in [-0.15, -0.1) is 0 Å². The Morgan fingerprint density at radius 2 is 2.00 bits per heavy atom. The Labute approximate surface area is 86.2 Å². The highest BCUT2D eigenvalue weighted by atomic mass is 16.3. The van der Waals surface area contributed by atoms with Crippen LogP contribution < -0.4 is 0 Å². The van der Waals surface area contributed by atoms with E-state index in [9.17, 15) is 0 Å². The van der Waals surface area contributed by atoms with Crippen molar-refractivity contribution in [3.05, 3.63) is 35.4 Å². The zero-order valence-electron chi connectivity index (χ0n) is 9.20. The van der Waals surface area contributed by atoms with Crippen LogP contribution in [0.5, 0.6) is 0 Å². The lowest BCUT2D eigenvalue weighted by atomic mass is 10.1. The fraction of sp³-hybridized carbons (Fsp3) is 0.500. The van der Waals surface area contributed by atoms with Gasteiger partial charge < -0.3 is 5.11 Å². The maximum atomic E-state index is 9.01. The highest BCUT2D eigenvalue weighted by Gasteiger charge is 2.08. The number of hydrogen-bond donors (Lipinski definition) is 1. The molecule has 0 saturated carbocycles. The molecule has 2 nitrogen and oxygen atoms in total. The smallest absolute Gasteiger partial charge is 0.0584 e. The minimum atomic E-state index is 0.211. The van der Waals surface area contributed by atoms with E-state index < -0.39 is 0 Å². The second kappa shape index (κ2) is 5.13. The van der Waals surface area contributed by atoms with Gasteiger partial charge in [0.15, 0.2) is 0 Å². The van der Waals surface area contributed by atoms with E-state index in [1.54, 1.807) is 0 Å². The fourth-order valence-electron chi connectivity index (χ4n) is 1.35. The van der Waals surface area contributed by atoms with Crippen LogP contribution in [0.4, 0.5) is 0 Å². The maximum absolute atomic E-state index is 9.01.